The van der Waals surface area contributed by atoms with Gasteiger partial charge in [0.2, 0.25) is 5.91 Å². The zero-order valence-corrected chi connectivity index (χ0v) is 23.6. The molecule has 0 radical (unpaired) electrons. The number of rotatable bonds is 11. The molecular weight excluding hydrogens is 486 g/mol. The Kier molecular flexibility index (Phi) is 9.07. The van der Waals surface area contributed by atoms with Crippen molar-refractivity contribution in [2.45, 2.75) is 59.3 Å². The van der Waals surface area contributed by atoms with Crippen molar-refractivity contribution in [2.24, 2.45) is 0 Å². The molecule has 0 saturated heterocycles. The number of carbonyl (C=O) groups excluding carboxylic acids is 2. The fraction of sp³-hybridized carbons (Fsp3) is 0.333. The fourth-order valence-electron chi connectivity index (χ4n) is 4.89. The van der Waals surface area contributed by atoms with E-state index in [-0.39, 0.29) is 30.4 Å². The summed E-state index contributed by atoms with van der Waals surface area (Å²) >= 11 is 0. The zero-order valence-electron chi connectivity index (χ0n) is 23.6. The van der Waals surface area contributed by atoms with Crippen LogP contribution >= 0.6 is 0 Å². The van der Waals surface area contributed by atoms with E-state index in [1.807, 2.05) is 91.7 Å². The molecule has 6 heteroatoms. The van der Waals surface area contributed by atoms with Gasteiger partial charge in [0.15, 0.2) is 0 Å². The highest BCUT2D eigenvalue weighted by molar-refractivity contribution is 6.07. The summed E-state index contributed by atoms with van der Waals surface area (Å²) in [6.07, 6.45) is 2.86. The molecular formula is C33H39N3O3. The number of fused-ring (bicyclic) bond motifs is 1. The van der Waals surface area contributed by atoms with Gasteiger partial charge < -0.3 is 19.1 Å². The van der Waals surface area contributed by atoms with Gasteiger partial charge in [-0.1, -0.05) is 55.5 Å². The molecule has 1 heterocycles. The fourth-order valence-corrected chi connectivity index (χ4v) is 4.89. The molecule has 0 aliphatic heterocycles. The van der Waals surface area contributed by atoms with Crippen LogP contribution in [0.15, 0.2) is 85.1 Å². The van der Waals surface area contributed by atoms with Crippen molar-refractivity contribution < 1.29 is 14.3 Å². The Balaban J connectivity index is 1.56. The Bertz CT molecular complexity index is 1420. The van der Waals surface area contributed by atoms with Gasteiger partial charge in [0, 0.05) is 36.1 Å². The molecule has 1 unspecified atom stereocenters. The lowest BCUT2D eigenvalue weighted by molar-refractivity contribution is -0.135. The lowest BCUT2D eigenvalue weighted by Crippen LogP contribution is -2.48. The summed E-state index contributed by atoms with van der Waals surface area (Å²) in [6.45, 7) is 9.26. The maximum atomic E-state index is 13.8. The van der Waals surface area contributed by atoms with Crippen molar-refractivity contribution in [2.75, 3.05) is 13.7 Å². The molecule has 4 rings (SSSR count). The molecule has 204 valence electrons. The number of methoxy groups -OCH3 is 1. The summed E-state index contributed by atoms with van der Waals surface area (Å²) in [7, 11) is 1.67. The van der Waals surface area contributed by atoms with Crippen molar-refractivity contribution in [3.63, 3.8) is 0 Å². The number of amides is 2. The van der Waals surface area contributed by atoms with Crippen LogP contribution < -0.4 is 4.74 Å². The number of benzene rings is 3. The Labute approximate surface area is 231 Å². The molecule has 4 aromatic rings. The summed E-state index contributed by atoms with van der Waals surface area (Å²) in [6, 6.07) is 25.6. The molecule has 3 aromatic carbocycles. The van der Waals surface area contributed by atoms with E-state index in [9.17, 15) is 9.59 Å². The first-order valence-corrected chi connectivity index (χ1v) is 13.7. The van der Waals surface area contributed by atoms with Crippen LogP contribution in [0.25, 0.3) is 10.8 Å². The van der Waals surface area contributed by atoms with Crippen LogP contribution in [0.5, 0.6) is 5.75 Å². The van der Waals surface area contributed by atoms with Gasteiger partial charge in [-0.15, -0.1) is 0 Å². The molecule has 1 aromatic heterocycles. The predicted octanol–water partition coefficient (Wildman–Crippen LogP) is 6.38. The average molecular weight is 526 g/mol. The summed E-state index contributed by atoms with van der Waals surface area (Å²) in [5.41, 5.74) is 2.79. The number of ether oxygens (including phenoxy) is 1. The standard InChI is InChI=1S/C33H39N3O3/c1-6-25(4)36(22-28-15-11-19-34(28)21-26-12-9-16-29(20-26)39-5)32(37)23-35(24(2)3)33(38)31-18-10-14-27-13-7-8-17-30(27)31/h7-20,24-25H,6,21-23H2,1-5H3. The highest BCUT2D eigenvalue weighted by atomic mass is 16.5. The molecule has 0 bridgehead atoms. The van der Waals surface area contributed by atoms with Gasteiger partial charge >= 0.3 is 0 Å². The SMILES string of the molecule is CCC(C)N(Cc1cccn1Cc1cccc(OC)c1)C(=O)CN(C(=O)c1cccc2ccccc12)C(C)C. The second-order valence-corrected chi connectivity index (χ2v) is 10.3. The van der Waals surface area contributed by atoms with E-state index in [0.29, 0.717) is 18.7 Å². The Hall–Kier alpha value is -4.06. The van der Waals surface area contributed by atoms with Gasteiger partial charge in [-0.3, -0.25) is 9.59 Å². The normalized spacial score (nSPS) is 11.9. The quantitative estimate of drug-likeness (QED) is 0.228. The van der Waals surface area contributed by atoms with E-state index in [4.69, 9.17) is 4.74 Å². The molecule has 0 spiro atoms. The van der Waals surface area contributed by atoms with Crippen LogP contribution in [-0.2, 0) is 17.9 Å². The van der Waals surface area contributed by atoms with E-state index in [1.54, 1.807) is 12.0 Å². The third-order valence-electron chi connectivity index (χ3n) is 7.40. The highest BCUT2D eigenvalue weighted by Gasteiger charge is 2.27. The summed E-state index contributed by atoms with van der Waals surface area (Å²) < 4.78 is 7.55. The zero-order chi connectivity index (χ0) is 27.9. The minimum Gasteiger partial charge on any atom is -0.497 e. The third kappa shape index (κ3) is 6.51. The van der Waals surface area contributed by atoms with Crippen molar-refractivity contribution in [3.05, 3.63) is 102 Å². The molecule has 0 saturated carbocycles. The molecule has 0 aliphatic rings. The number of hydrogen-bond acceptors (Lipinski definition) is 3. The van der Waals surface area contributed by atoms with Crippen molar-refractivity contribution in [3.8, 4) is 5.75 Å². The second-order valence-electron chi connectivity index (χ2n) is 10.3. The lowest BCUT2D eigenvalue weighted by atomic mass is 10.0. The maximum Gasteiger partial charge on any atom is 0.255 e. The van der Waals surface area contributed by atoms with Crippen molar-refractivity contribution in [1.29, 1.82) is 0 Å². The molecule has 0 aliphatic carbocycles. The van der Waals surface area contributed by atoms with Gasteiger partial charge in [-0.25, -0.2) is 0 Å². The molecule has 6 nitrogen and oxygen atoms in total. The van der Waals surface area contributed by atoms with Crippen molar-refractivity contribution >= 4 is 22.6 Å². The van der Waals surface area contributed by atoms with Crippen LogP contribution in [0.3, 0.4) is 0 Å². The molecule has 39 heavy (non-hydrogen) atoms. The number of carbonyl (C=O) groups is 2. The minimum atomic E-state index is -0.129. The Morgan fingerprint density at radius 2 is 1.64 bits per heavy atom. The van der Waals surface area contributed by atoms with E-state index >= 15 is 0 Å². The number of aromatic nitrogens is 1. The van der Waals surface area contributed by atoms with Crippen molar-refractivity contribution in [1.82, 2.24) is 14.4 Å². The summed E-state index contributed by atoms with van der Waals surface area (Å²) in [5, 5.41) is 1.91. The van der Waals surface area contributed by atoms with E-state index in [1.165, 1.54) is 0 Å². The van der Waals surface area contributed by atoms with E-state index in [0.717, 1.165) is 34.2 Å². The third-order valence-corrected chi connectivity index (χ3v) is 7.40. The maximum absolute atomic E-state index is 13.8. The Morgan fingerprint density at radius 3 is 2.38 bits per heavy atom. The van der Waals surface area contributed by atoms with E-state index < -0.39 is 0 Å². The van der Waals surface area contributed by atoms with Crippen LogP contribution in [0.1, 0.15) is 55.7 Å². The van der Waals surface area contributed by atoms with Crippen LogP contribution in [-0.4, -0.2) is 51.9 Å². The molecule has 1 atom stereocenters. The first-order valence-electron chi connectivity index (χ1n) is 13.7. The first kappa shape index (κ1) is 28.0. The lowest BCUT2D eigenvalue weighted by Gasteiger charge is -2.33. The summed E-state index contributed by atoms with van der Waals surface area (Å²) in [5.74, 6) is 0.642. The largest absolute Gasteiger partial charge is 0.497 e. The topological polar surface area (TPSA) is 54.8 Å². The van der Waals surface area contributed by atoms with Crippen LogP contribution in [0, 0.1) is 0 Å². The van der Waals surface area contributed by atoms with Gasteiger partial charge in [0.25, 0.3) is 5.91 Å². The van der Waals surface area contributed by atoms with E-state index in [2.05, 4.69) is 30.5 Å². The number of nitrogens with zero attached hydrogens (tertiary/aromatic N) is 3. The number of hydrogen-bond donors (Lipinski definition) is 0. The molecule has 0 fully saturated rings. The monoisotopic (exact) mass is 525 g/mol. The smallest absolute Gasteiger partial charge is 0.255 e. The first-order chi connectivity index (χ1) is 18.8. The van der Waals surface area contributed by atoms with Gasteiger partial charge in [0.1, 0.15) is 12.3 Å². The average Bonchev–Trinajstić information content (AvgIpc) is 3.39. The highest BCUT2D eigenvalue weighted by Crippen LogP contribution is 2.22. The molecule has 0 N–H and O–H groups in total. The predicted molar refractivity (Wildman–Crippen MR) is 157 cm³/mol. The Morgan fingerprint density at radius 1 is 0.897 bits per heavy atom. The van der Waals surface area contributed by atoms with Gasteiger partial charge in [-0.05, 0) is 73.9 Å². The minimum absolute atomic E-state index is 0.0272. The van der Waals surface area contributed by atoms with Gasteiger partial charge in [-0.2, -0.15) is 0 Å². The van der Waals surface area contributed by atoms with Gasteiger partial charge in [0.05, 0.1) is 13.7 Å². The van der Waals surface area contributed by atoms with Crippen LogP contribution in [0.2, 0.25) is 0 Å². The summed E-state index contributed by atoms with van der Waals surface area (Å²) in [4.78, 5) is 31.2. The van der Waals surface area contributed by atoms with Crippen LogP contribution in [0.4, 0.5) is 0 Å². The second kappa shape index (κ2) is 12.7. The molecule has 2 amide bonds.